The molecule has 0 rings (SSSR count). The van der Waals surface area contributed by atoms with Gasteiger partial charge in [-0.15, -0.1) is 0 Å². The molecule has 0 bridgehead atoms. The first-order chi connectivity index (χ1) is 17.8. The molecule has 5 atom stereocenters. The normalized spacial score (nSPS) is 15.7. The molecule has 2 N–H and O–H groups in total. The van der Waals surface area contributed by atoms with E-state index in [1.54, 1.807) is 0 Å². The zero-order valence-corrected chi connectivity index (χ0v) is 27.1. The summed E-state index contributed by atoms with van der Waals surface area (Å²) in [5.74, 6) is 3.14. The second kappa shape index (κ2) is 24.8. The largest absolute Gasteiger partial charge is 0.502 e. The quantitative estimate of drug-likeness (QED) is 0.0779. The van der Waals surface area contributed by atoms with Gasteiger partial charge >= 0.3 is 0 Å². The lowest BCUT2D eigenvalue weighted by atomic mass is 9.79. The van der Waals surface area contributed by atoms with Crippen LogP contribution < -0.4 is 0 Å². The van der Waals surface area contributed by atoms with Crippen LogP contribution in [0.1, 0.15) is 169 Å². The minimum Gasteiger partial charge on any atom is -0.502 e. The fourth-order valence-corrected chi connectivity index (χ4v) is 6.68. The Morgan fingerprint density at radius 1 is 0.541 bits per heavy atom. The SMILES string of the molecule is CCCCC(CC)CCCCCC(CC(O)=S)CC(C)C(CCCCCC(CC)CCCC)CC(O)=S. The van der Waals surface area contributed by atoms with Crippen molar-refractivity contribution < 1.29 is 10.2 Å². The number of aliphatic hydroxyl groups is 2. The number of hydrogen-bond donors (Lipinski definition) is 2. The van der Waals surface area contributed by atoms with Crippen LogP contribution in [0.15, 0.2) is 0 Å². The fourth-order valence-electron chi connectivity index (χ4n) is 6.23. The summed E-state index contributed by atoms with van der Waals surface area (Å²) in [5.41, 5.74) is 0. The number of rotatable bonds is 27. The van der Waals surface area contributed by atoms with Crippen molar-refractivity contribution in [2.45, 2.75) is 169 Å². The molecule has 2 nitrogen and oxygen atoms in total. The van der Waals surface area contributed by atoms with Crippen LogP contribution in [0, 0.1) is 29.6 Å². The molecule has 0 fully saturated rings. The molecule has 0 aromatic rings. The van der Waals surface area contributed by atoms with E-state index in [-0.39, 0.29) is 10.1 Å². The molecule has 0 aromatic heterocycles. The molecular weight excluding hydrogens is 492 g/mol. The Morgan fingerprint density at radius 2 is 0.946 bits per heavy atom. The minimum absolute atomic E-state index is 0.158. The number of thiocarbonyl (C=S) groups is 2. The smallest absolute Gasteiger partial charge is 0.156 e. The van der Waals surface area contributed by atoms with Crippen molar-refractivity contribution >= 4 is 34.5 Å². The lowest BCUT2D eigenvalue weighted by Crippen LogP contribution is -2.20. The highest BCUT2D eigenvalue weighted by Gasteiger charge is 2.23. The van der Waals surface area contributed by atoms with Gasteiger partial charge in [-0.1, -0.05) is 137 Å². The van der Waals surface area contributed by atoms with Crippen molar-refractivity contribution in [2.75, 3.05) is 0 Å². The zero-order chi connectivity index (χ0) is 27.9. The average Bonchev–Trinajstić information content (AvgIpc) is 2.85. The first-order valence-corrected chi connectivity index (χ1v) is 17.0. The maximum atomic E-state index is 9.93. The van der Waals surface area contributed by atoms with Crippen LogP contribution in [0.2, 0.25) is 0 Å². The summed E-state index contributed by atoms with van der Waals surface area (Å²) < 4.78 is 0. The molecule has 220 valence electrons. The maximum Gasteiger partial charge on any atom is 0.156 e. The van der Waals surface area contributed by atoms with Gasteiger partial charge < -0.3 is 10.2 Å². The highest BCUT2D eigenvalue weighted by atomic mass is 32.1. The molecule has 0 aliphatic rings. The van der Waals surface area contributed by atoms with Crippen molar-refractivity contribution in [1.82, 2.24) is 0 Å². The van der Waals surface area contributed by atoms with Gasteiger partial charge in [-0.2, -0.15) is 0 Å². The molecule has 0 saturated heterocycles. The van der Waals surface area contributed by atoms with E-state index in [4.69, 9.17) is 24.4 Å². The average molecular weight is 557 g/mol. The van der Waals surface area contributed by atoms with Crippen LogP contribution in [0.3, 0.4) is 0 Å². The van der Waals surface area contributed by atoms with Gasteiger partial charge in [0, 0.05) is 12.8 Å². The van der Waals surface area contributed by atoms with Crippen LogP contribution >= 0.6 is 24.4 Å². The van der Waals surface area contributed by atoms with E-state index in [1.165, 1.54) is 103 Å². The van der Waals surface area contributed by atoms with E-state index in [9.17, 15) is 10.2 Å². The molecule has 0 aromatic carbocycles. The van der Waals surface area contributed by atoms with Crippen molar-refractivity contribution in [1.29, 1.82) is 0 Å². The summed E-state index contributed by atoms with van der Waals surface area (Å²) >= 11 is 10.2. The van der Waals surface area contributed by atoms with Crippen LogP contribution in [0.4, 0.5) is 0 Å². The molecule has 0 radical (unpaired) electrons. The van der Waals surface area contributed by atoms with Crippen LogP contribution in [-0.2, 0) is 0 Å². The van der Waals surface area contributed by atoms with Crippen molar-refractivity contribution in [3.63, 3.8) is 0 Å². The van der Waals surface area contributed by atoms with Gasteiger partial charge in [0.15, 0.2) is 10.1 Å². The van der Waals surface area contributed by atoms with Crippen LogP contribution in [0.25, 0.3) is 0 Å². The van der Waals surface area contributed by atoms with E-state index < -0.39 is 0 Å². The predicted molar refractivity (Wildman–Crippen MR) is 173 cm³/mol. The van der Waals surface area contributed by atoms with Gasteiger partial charge in [-0.05, 0) is 73.3 Å². The Hall–Kier alpha value is -0.220. The summed E-state index contributed by atoms with van der Waals surface area (Å²) in [6.07, 6.45) is 25.7. The summed E-state index contributed by atoms with van der Waals surface area (Å²) in [5, 5.41) is 20.1. The van der Waals surface area contributed by atoms with Gasteiger partial charge in [0.25, 0.3) is 0 Å². The predicted octanol–water partition coefficient (Wildman–Crippen LogP) is 12.1. The van der Waals surface area contributed by atoms with Crippen LogP contribution in [0.5, 0.6) is 0 Å². The second-order valence-corrected chi connectivity index (χ2v) is 13.1. The molecular formula is C33H64O2S2. The highest BCUT2D eigenvalue weighted by molar-refractivity contribution is 7.80. The second-order valence-electron chi connectivity index (χ2n) is 12.1. The number of unbranched alkanes of at least 4 members (excludes halogenated alkanes) is 6. The van der Waals surface area contributed by atoms with Gasteiger partial charge in [-0.25, -0.2) is 0 Å². The van der Waals surface area contributed by atoms with E-state index in [1.807, 2.05) is 0 Å². The summed E-state index contributed by atoms with van der Waals surface area (Å²) in [7, 11) is 0. The Morgan fingerprint density at radius 3 is 1.35 bits per heavy atom. The lowest BCUT2D eigenvalue weighted by molar-refractivity contribution is 0.255. The van der Waals surface area contributed by atoms with Crippen molar-refractivity contribution in [3.05, 3.63) is 0 Å². The van der Waals surface area contributed by atoms with E-state index >= 15 is 0 Å². The maximum absolute atomic E-state index is 9.93. The Balaban J connectivity index is 4.61. The number of aliphatic hydroxyl groups excluding tert-OH is 2. The fraction of sp³-hybridized carbons (Fsp3) is 0.939. The summed E-state index contributed by atoms with van der Waals surface area (Å²) in [4.78, 5) is 0. The standard InChI is InChI=1S/C33H64O2S2/c1-6-10-18-28(8-3)20-14-12-16-22-30(25-32(34)36)24-27(5)31(26-33(35)37)23-17-13-15-21-29(9-4)19-11-7-2/h27-31H,6-26H2,1-5H3,(H,34,36)(H,35,37). The lowest BCUT2D eigenvalue weighted by Gasteiger charge is -2.27. The Kier molecular flexibility index (Phi) is 24.6. The topological polar surface area (TPSA) is 40.5 Å². The number of hydrogen-bond acceptors (Lipinski definition) is 2. The van der Waals surface area contributed by atoms with Crippen molar-refractivity contribution in [2.24, 2.45) is 29.6 Å². The van der Waals surface area contributed by atoms with E-state index in [2.05, 4.69) is 34.6 Å². The summed E-state index contributed by atoms with van der Waals surface area (Å²) in [6.45, 7) is 11.6. The third-order valence-electron chi connectivity index (χ3n) is 8.91. The molecule has 4 heteroatoms. The van der Waals surface area contributed by atoms with Crippen molar-refractivity contribution in [3.8, 4) is 0 Å². The van der Waals surface area contributed by atoms with Gasteiger partial charge in [0.05, 0.1) is 0 Å². The molecule has 5 unspecified atom stereocenters. The van der Waals surface area contributed by atoms with Gasteiger partial charge in [0.2, 0.25) is 0 Å². The molecule has 0 aliphatic carbocycles. The minimum atomic E-state index is 0.158. The van der Waals surface area contributed by atoms with Gasteiger partial charge in [0.1, 0.15) is 0 Å². The molecule has 0 spiro atoms. The summed E-state index contributed by atoms with van der Waals surface area (Å²) in [6, 6.07) is 0. The van der Waals surface area contributed by atoms with Crippen LogP contribution in [-0.4, -0.2) is 20.3 Å². The molecule has 0 aliphatic heterocycles. The molecule has 0 amide bonds. The monoisotopic (exact) mass is 556 g/mol. The molecule has 0 saturated carbocycles. The molecule has 0 heterocycles. The Labute approximate surface area is 243 Å². The van der Waals surface area contributed by atoms with E-state index in [0.717, 1.165) is 31.1 Å². The van der Waals surface area contributed by atoms with E-state index in [0.29, 0.717) is 30.6 Å². The third-order valence-corrected chi connectivity index (χ3v) is 9.24. The van der Waals surface area contributed by atoms with Gasteiger partial charge in [-0.3, -0.25) is 0 Å². The highest BCUT2D eigenvalue weighted by Crippen LogP contribution is 2.32. The first-order valence-electron chi connectivity index (χ1n) is 16.2. The molecule has 37 heavy (non-hydrogen) atoms. The Bertz CT molecular complexity index is 550. The zero-order valence-electron chi connectivity index (χ0n) is 25.4. The first kappa shape index (κ1) is 36.8. The third kappa shape index (κ3) is 21.3.